The van der Waals surface area contributed by atoms with Crippen LogP contribution in [0.25, 0.3) is 33.6 Å². The van der Waals surface area contributed by atoms with E-state index in [0.29, 0.717) is 12.2 Å². The second kappa shape index (κ2) is 12.3. The number of carbonyl (C=O) groups is 2. The van der Waals surface area contributed by atoms with Crippen molar-refractivity contribution in [1.29, 1.82) is 0 Å². The Morgan fingerprint density at radius 3 is 2.24 bits per heavy atom. The highest BCUT2D eigenvalue weighted by Crippen LogP contribution is 2.34. The fourth-order valence-electron chi connectivity index (χ4n) is 4.64. The van der Waals surface area contributed by atoms with Gasteiger partial charge < -0.3 is 10.0 Å². The van der Waals surface area contributed by atoms with Gasteiger partial charge in [0.25, 0.3) is 0 Å². The van der Waals surface area contributed by atoms with Crippen LogP contribution in [-0.2, 0) is 16.1 Å². The molecule has 0 aliphatic carbocycles. The molecule has 8 nitrogen and oxygen atoms in total. The molecule has 0 saturated carbocycles. The third kappa shape index (κ3) is 6.14. The van der Waals surface area contributed by atoms with Gasteiger partial charge in [-0.3, -0.25) is 4.79 Å². The Morgan fingerprint density at radius 1 is 0.921 bits per heavy atom. The number of aromatic nitrogens is 4. The lowest BCUT2D eigenvalue weighted by Crippen LogP contribution is -2.47. The fourth-order valence-corrected chi connectivity index (χ4v) is 4.64. The number of amides is 1. The molecule has 0 saturated heterocycles. The first-order chi connectivity index (χ1) is 18.4. The van der Waals surface area contributed by atoms with Crippen molar-refractivity contribution < 1.29 is 14.7 Å². The van der Waals surface area contributed by atoms with Gasteiger partial charge in [0, 0.05) is 18.5 Å². The van der Waals surface area contributed by atoms with Crippen molar-refractivity contribution in [2.24, 2.45) is 5.92 Å². The van der Waals surface area contributed by atoms with Crippen LogP contribution < -0.4 is 0 Å². The standard InChI is InChI=1S/C30H33N5O3/c1-4-5-11-27(36)35(28(20(2)3)30(37)38)19-21-12-14-23(15-13-21)26-18-24(22-9-7-6-8-10-22)16-17-25(26)29-31-33-34-32-29/h6-10,12-18,20,28H,4-5,11,19H2,1-3H3,(H,37,38)(H,31,32,33,34)/t28-/m0/s1. The maximum absolute atomic E-state index is 13.0. The molecule has 1 atom stereocenters. The predicted octanol–water partition coefficient (Wildman–Crippen LogP) is 5.83. The van der Waals surface area contributed by atoms with Gasteiger partial charge in [0.1, 0.15) is 6.04 Å². The van der Waals surface area contributed by atoms with Gasteiger partial charge in [0.15, 0.2) is 0 Å². The normalized spacial score (nSPS) is 11.9. The van der Waals surface area contributed by atoms with Gasteiger partial charge in [-0.15, -0.1) is 10.2 Å². The highest BCUT2D eigenvalue weighted by Gasteiger charge is 2.32. The highest BCUT2D eigenvalue weighted by atomic mass is 16.4. The van der Waals surface area contributed by atoms with Crippen LogP contribution in [-0.4, -0.2) is 48.5 Å². The predicted molar refractivity (Wildman–Crippen MR) is 147 cm³/mol. The molecule has 0 spiro atoms. The number of hydrogen-bond acceptors (Lipinski definition) is 5. The summed E-state index contributed by atoms with van der Waals surface area (Å²) in [6.07, 6.45) is 1.94. The number of carboxylic acids is 1. The first-order valence-electron chi connectivity index (χ1n) is 12.9. The molecule has 0 radical (unpaired) electrons. The smallest absolute Gasteiger partial charge is 0.326 e. The Balaban J connectivity index is 1.68. The van der Waals surface area contributed by atoms with E-state index in [1.807, 2.05) is 75.4 Å². The molecule has 1 heterocycles. The largest absolute Gasteiger partial charge is 0.480 e. The molecule has 0 aliphatic heterocycles. The van der Waals surface area contributed by atoms with Gasteiger partial charge in [0.05, 0.1) is 0 Å². The molecule has 0 aliphatic rings. The Kier molecular flexibility index (Phi) is 8.63. The molecule has 3 aromatic carbocycles. The van der Waals surface area contributed by atoms with E-state index < -0.39 is 12.0 Å². The number of nitrogens with zero attached hydrogens (tertiary/aromatic N) is 4. The van der Waals surface area contributed by atoms with E-state index in [1.54, 1.807) is 0 Å². The van der Waals surface area contributed by atoms with Crippen molar-refractivity contribution >= 4 is 11.9 Å². The first-order valence-corrected chi connectivity index (χ1v) is 12.9. The lowest BCUT2D eigenvalue weighted by atomic mass is 9.93. The van der Waals surface area contributed by atoms with E-state index in [-0.39, 0.29) is 18.4 Å². The van der Waals surface area contributed by atoms with E-state index in [9.17, 15) is 14.7 Å². The number of hydrogen-bond donors (Lipinski definition) is 2. The molecule has 0 bridgehead atoms. The Morgan fingerprint density at radius 2 is 1.63 bits per heavy atom. The van der Waals surface area contributed by atoms with Crippen LogP contribution in [0.15, 0.2) is 72.8 Å². The summed E-state index contributed by atoms with van der Waals surface area (Å²) in [6, 6.07) is 23.3. The lowest BCUT2D eigenvalue weighted by molar-refractivity contribution is -0.153. The molecule has 0 fully saturated rings. The number of carboxylic acid groups (broad SMARTS) is 1. The Labute approximate surface area is 222 Å². The number of rotatable bonds is 11. The summed E-state index contributed by atoms with van der Waals surface area (Å²) in [5.74, 6) is -0.829. The Bertz CT molecular complexity index is 1350. The summed E-state index contributed by atoms with van der Waals surface area (Å²) in [5.41, 5.74) is 5.76. The maximum atomic E-state index is 13.0. The van der Waals surface area contributed by atoms with Gasteiger partial charge >= 0.3 is 5.97 Å². The molecular formula is C30H33N5O3. The quantitative estimate of drug-likeness (QED) is 0.262. The number of aliphatic carboxylic acids is 1. The number of H-pyrrole nitrogens is 1. The second-order valence-corrected chi connectivity index (χ2v) is 9.71. The zero-order valence-corrected chi connectivity index (χ0v) is 22.0. The number of benzene rings is 3. The monoisotopic (exact) mass is 511 g/mol. The van der Waals surface area contributed by atoms with Crippen molar-refractivity contribution in [2.45, 2.75) is 52.6 Å². The van der Waals surface area contributed by atoms with Gasteiger partial charge in [-0.25, -0.2) is 4.79 Å². The van der Waals surface area contributed by atoms with Gasteiger partial charge in [0.2, 0.25) is 11.7 Å². The SMILES string of the molecule is CCCCC(=O)N(Cc1ccc(-c2cc(-c3ccccc3)ccc2-c2nn[nH]n2)cc1)[C@H](C(=O)O)C(C)C. The lowest BCUT2D eigenvalue weighted by Gasteiger charge is -2.32. The molecule has 38 heavy (non-hydrogen) atoms. The minimum atomic E-state index is -0.982. The summed E-state index contributed by atoms with van der Waals surface area (Å²) in [7, 11) is 0. The number of carbonyl (C=O) groups excluding carboxylic acids is 1. The summed E-state index contributed by atoms with van der Waals surface area (Å²) in [5, 5.41) is 24.5. The number of aromatic amines is 1. The van der Waals surface area contributed by atoms with E-state index >= 15 is 0 Å². The van der Waals surface area contributed by atoms with Crippen LogP contribution in [0.1, 0.15) is 45.6 Å². The van der Waals surface area contributed by atoms with Gasteiger partial charge in [-0.1, -0.05) is 87.9 Å². The van der Waals surface area contributed by atoms with E-state index in [0.717, 1.165) is 46.2 Å². The van der Waals surface area contributed by atoms with Crippen LogP contribution in [0.5, 0.6) is 0 Å². The van der Waals surface area contributed by atoms with Crippen molar-refractivity contribution in [3.05, 3.63) is 78.4 Å². The van der Waals surface area contributed by atoms with Crippen molar-refractivity contribution in [3.8, 4) is 33.6 Å². The molecule has 1 aromatic heterocycles. The molecule has 8 heteroatoms. The molecule has 1 amide bonds. The van der Waals surface area contributed by atoms with Crippen LogP contribution in [0.2, 0.25) is 0 Å². The fraction of sp³-hybridized carbons (Fsp3) is 0.300. The minimum Gasteiger partial charge on any atom is -0.480 e. The first kappa shape index (κ1) is 26.7. The molecule has 0 unspecified atom stereocenters. The van der Waals surface area contributed by atoms with E-state index in [4.69, 9.17) is 0 Å². The Hall–Kier alpha value is -4.33. The molecular weight excluding hydrogens is 478 g/mol. The third-order valence-corrected chi connectivity index (χ3v) is 6.62. The van der Waals surface area contributed by atoms with Crippen molar-refractivity contribution in [3.63, 3.8) is 0 Å². The van der Waals surface area contributed by atoms with Crippen molar-refractivity contribution in [1.82, 2.24) is 25.5 Å². The van der Waals surface area contributed by atoms with Gasteiger partial charge in [-0.2, -0.15) is 5.21 Å². The average molecular weight is 512 g/mol. The molecule has 4 aromatic rings. The number of nitrogens with one attached hydrogen (secondary N) is 1. The van der Waals surface area contributed by atoms with Crippen LogP contribution in [0.3, 0.4) is 0 Å². The third-order valence-electron chi connectivity index (χ3n) is 6.62. The minimum absolute atomic E-state index is 0.132. The number of unbranched alkanes of at least 4 members (excludes halogenated alkanes) is 1. The highest BCUT2D eigenvalue weighted by molar-refractivity contribution is 5.85. The summed E-state index contributed by atoms with van der Waals surface area (Å²) >= 11 is 0. The van der Waals surface area contributed by atoms with Crippen LogP contribution >= 0.6 is 0 Å². The molecule has 4 rings (SSSR count). The maximum Gasteiger partial charge on any atom is 0.326 e. The van der Waals surface area contributed by atoms with E-state index in [2.05, 4.69) is 38.8 Å². The second-order valence-electron chi connectivity index (χ2n) is 9.71. The zero-order chi connectivity index (χ0) is 27.1. The van der Waals surface area contributed by atoms with Gasteiger partial charge in [-0.05, 0) is 57.5 Å². The average Bonchev–Trinajstić information content (AvgIpc) is 3.46. The van der Waals surface area contributed by atoms with Crippen LogP contribution in [0, 0.1) is 5.92 Å². The topological polar surface area (TPSA) is 112 Å². The summed E-state index contributed by atoms with van der Waals surface area (Å²) in [6.45, 7) is 5.92. The van der Waals surface area contributed by atoms with Crippen molar-refractivity contribution in [2.75, 3.05) is 0 Å². The summed E-state index contributed by atoms with van der Waals surface area (Å²) < 4.78 is 0. The molecule has 196 valence electrons. The number of tetrazole rings is 1. The zero-order valence-electron chi connectivity index (χ0n) is 22.0. The van der Waals surface area contributed by atoms with Crippen LogP contribution in [0.4, 0.5) is 0 Å². The molecule has 2 N–H and O–H groups in total. The summed E-state index contributed by atoms with van der Waals surface area (Å²) in [4.78, 5) is 26.6. The van der Waals surface area contributed by atoms with E-state index in [1.165, 1.54) is 4.90 Å².